The van der Waals surface area contributed by atoms with Crippen LogP contribution in [0.1, 0.15) is 27.0 Å². The average molecular weight is 388 g/mol. The number of thiophene rings is 1. The van der Waals surface area contributed by atoms with Crippen molar-refractivity contribution in [3.63, 3.8) is 0 Å². The predicted octanol–water partition coefficient (Wildman–Crippen LogP) is 4.40. The fraction of sp³-hybridized carbons (Fsp3) is 0.0476. The predicted molar refractivity (Wildman–Crippen MR) is 112 cm³/mol. The smallest absolute Gasteiger partial charge is 0.267 e. The average Bonchev–Trinajstić information content (AvgIpc) is 3.05. The molecule has 138 valence electrons. The molecule has 4 rings (SSSR count). The van der Waals surface area contributed by atoms with Gasteiger partial charge in [0.25, 0.3) is 5.91 Å². The molecule has 1 aromatic carbocycles. The number of aromatic nitrogens is 2. The lowest BCUT2D eigenvalue weighted by Crippen LogP contribution is -2.12. The van der Waals surface area contributed by atoms with E-state index in [2.05, 4.69) is 15.3 Å². The number of nitrogens with zero attached hydrogens (tertiary/aromatic N) is 2. The molecule has 3 N–H and O–H groups in total. The number of ketones is 1. The van der Waals surface area contributed by atoms with Gasteiger partial charge in [0, 0.05) is 22.8 Å². The van der Waals surface area contributed by atoms with E-state index in [9.17, 15) is 9.59 Å². The second kappa shape index (κ2) is 7.21. The largest absolute Gasteiger partial charge is 0.397 e. The van der Waals surface area contributed by atoms with E-state index in [0.29, 0.717) is 26.6 Å². The summed E-state index contributed by atoms with van der Waals surface area (Å²) in [7, 11) is 0. The van der Waals surface area contributed by atoms with Gasteiger partial charge >= 0.3 is 0 Å². The number of anilines is 2. The van der Waals surface area contributed by atoms with Crippen LogP contribution in [0.25, 0.3) is 21.6 Å². The second-order valence-corrected chi connectivity index (χ2v) is 7.20. The Morgan fingerprint density at radius 3 is 2.46 bits per heavy atom. The molecule has 0 saturated heterocycles. The minimum atomic E-state index is -0.310. The number of benzene rings is 1. The van der Waals surface area contributed by atoms with Crippen LogP contribution in [-0.2, 0) is 0 Å². The number of amides is 1. The number of Topliss-reactive ketones (excluding diaryl/α,β-unsaturated/α-hetero) is 1. The first-order valence-corrected chi connectivity index (χ1v) is 9.37. The van der Waals surface area contributed by atoms with E-state index >= 15 is 0 Å². The van der Waals surface area contributed by atoms with Gasteiger partial charge in [-0.25, -0.2) is 4.98 Å². The van der Waals surface area contributed by atoms with Gasteiger partial charge in [-0.15, -0.1) is 11.3 Å². The Bertz CT molecular complexity index is 1180. The van der Waals surface area contributed by atoms with Crippen molar-refractivity contribution < 1.29 is 9.59 Å². The Labute approximate surface area is 165 Å². The van der Waals surface area contributed by atoms with Gasteiger partial charge in [-0.2, -0.15) is 0 Å². The molecule has 6 nitrogen and oxygen atoms in total. The van der Waals surface area contributed by atoms with E-state index in [1.165, 1.54) is 18.3 Å². The van der Waals surface area contributed by atoms with E-state index in [0.717, 1.165) is 16.8 Å². The molecule has 0 aliphatic rings. The molecule has 0 bridgehead atoms. The summed E-state index contributed by atoms with van der Waals surface area (Å²) in [6, 6.07) is 16.0. The maximum atomic E-state index is 12.7. The first kappa shape index (κ1) is 17.8. The molecule has 7 heteroatoms. The van der Waals surface area contributed by atoms with Gasteiger partial charge in [0.1, 0.15) is 9.71 Å². The number of carbonyl (C=O) groups excluding carboxylic acids is 2. The van der Waals surface area contributed by atoms with E-state index in [-0.39, 0.29) is 11.7 Å². The van der Waals surface area contributed by atoms with Crippen LogP contribution in [0, 0.1) is 0 Å². The topological polar surface area (TPSA) is 98.0 Å². The number of nitrogens with one attached hydrogen (secondary N) is 1. The fourth-order valence-electron chi connectivity index (χ4n) is 2.80. The summed E-state index contributed by atoms with van der Waals surface area (Å²) in [5.41, 5.74) is 9.26. The minimum Gasteiger partial charge on any atom is -0.397 e. The number of nitrogens with two attached hydrogens (primary N) is 1. The minimum absolute atomic E-state index is 0.0265. The van der Waals surface area contributed by atoms with Crippen molar-refractivity contribution in [1.29, 1.82) is 0 Å². The first-order valence-electron chi connectivity index (χ1n) is 8.55. The second-order valence-electron chi connectivity index (χ2n) is 6.20. The van der Waals surface area contributed by atoms with Crippen molar-refractivity contribution in [3.05, 3.63) is 71.2 Å². The van der Waals surface area contributed by atoms with Crippen molar-refractivity contribution in [2.45, 2.75) is 6.92 Å². The summed E-state index contributed by atoms with van der Waals surface area (Å²) in [4.78, 5) is 34.0. The lowest BCUT2D eigenvalue weighted by atomic mass is 10.1. The number of rotatable bonds is 4. The highest BCUT2D eigenvalue weighted by Crippen LogP contribution is 2.34. The zero-order valence-corrected chi connectivity index (χ0v) is 15.8. The van der Waals surface area contributed by atoms with Gasteiger partial charge in [-0.05, 0) is 55.5 Å². The molecule has 0 aliphatic carbocycles. The molecule has 0 atom stereocenters. The number of hydrogen-bond acceptors (Lipinski definition) is 6. The van der Waals surface area contributed by atoms with Gasteiger partial charge in [0.2, 0.25) is 0 Å². The van der Waals surface area contributed by atoms with Crippen LogP contribution < -0.4 is 11.1 Å². The van der Waals surface area contributed by atoms with Crippen LogP contribution in [-0.4, -0.2) is 21.7 Å². The summed E-state index contributed by atoms with van der Waals surface area (Å²) in [5.74, 6) is -0.336. The number of carbonyl (C=O) groups is 2. The van der Waals surface area contributed by atoms with E-state index in [1.54, 1.807) is 30.5 Å². The highest BCUT2D eigenvalue weighted by molar-refractivity contribution is 7.21. The molecular formula is C21H16N4O2S. The molecule has 28 heavy (non-hydrogen) atoms. The third-order valence-electron chi connectivity index (χ3n) is 4.28. The van der Waals surface area contributed by atoms with Crippen LogP contribution in [0.15, 0.2) is 60.8 Å². The Hall–Kier alpha value is -3.58. The van der Waals surface area contributed by atoms with Crippen molar-refractivity contribution in [1.82, 2.24) is 9.97 Å². The number of fused-ring (bicyclic) bond motifs is 1. The van der Waals surface area contributed by atoms with Crippen LogP contribution in [0.3, 0.4) is 0 Å². The Morgan fingerprint density at radius 2 is 1.79 bits per heavy atom. The Kier molecular flexibility index (Phi) is 4.58. The highest BCUT2D eigenvalue weighted by Gasteiger charge is 2.18. The number of pyridine rings is 2. The monoisotopic (exact) mass is 388 g/mol. The van der Waals surface area contributed by atoms with Crippen molar-refractivity contribution in [2.24, 2.45) is 0 Å². The molecule has 1 amide bonds. The normalized spacial score (nSPS) is 10.8. The highest BCUT2D eigenvalue weighted by atomic mass is 32.1. The molecular weight excluding hydrogens is 372 g/mol. The first-order chi connectivity index (χ1) is 13.5. The van der Waals surface area contributed by atoms with Crippen LogP contribution in [0.5, 0.6) is 0 Å². The van der Waals surface area contributed by atoms with Gasteiger partial charge in [0.15, 0.2) is 5.78 Å². The lowest BCUT2D eigenvalue weighted by molar-refractivity contribution is 0.101. The van der Waals surface area contributed by atoms with Gasteiger partial charge in [-0.3, -0.25) is 14.6 Å². The van der Waals surface area contributed by atoms with Crippen LogP contribution >= 0.6 is 11.3 Å². The summed E-state index contributed by atoms with van der Waals surface area (Å²) >= 11 is 1.24. The molecule has 3 aromatic heterocycles. The van der Waals surface area contributed by atoms with E-state index in [1.807, 2.05) is 30.3 Å². The Morgan fingerprint density at radius 1 is 1.00 bits per heavy atom. The zero-order valence-electron chi connectivity index (χ0n) is 15.0. The molecule has 4 aromatic rings. The zero-order chi connectivity index (χ0) is 19.7. The summed E-state index contributed by atoms with van der Waals surface area (Å²) in [6.45, 7) is 1.50. The third kappa shape index (κ3) is 3.35. The van der Waals surface area contributed by atoms with Gasteiger partial charge in [0.05, 0.1) is 17.1 Å². The Balaban J connectivity index is 1.63. The maximum absolute atomic E-state index is 12.7. The quantitative estimate of drug-likeness (QED) is 0.505. The molecule has 0 saturated carbocycles. The molecule has 0 radical (unpaired) electrons. The summed E-state index contributed by atoms with van der Waals surface area (Å²) in [6.07, 6.45) is 1.71. The van der Waals surface area contributed by atoms with E-state index in [4.69, 9.17) is 5.73 Å². The third-order valence-corrected chi connectivity index (χ3v) is 5.39. The standard InChI is InChI=1S/C21H16N4O2S/c1-12(26)13-5-7-14(8-6-13)24-20(27)19-18(22)15-9-10-17(25-21(15)28-19)16-4-2-3-11-23-16/h2-11H,22H2,1H3,(H,24,27). The van der Waals surface area contributed by atoms with Crippen molar-refractivity contribution in [2.75, 3.05) is 11.1 Å². The maximum Gasteiger partial charge on any atom is 0.267 e. The lowest BCUT2D eigenvalue weighted by Gasteiger charge is -2.05. The van der Waals surface area contributed by atoms with Crippen molar-refractivity contribution in [3.8, 4) is 11.4 Å². The molecule has 3 heterocycles. The molecule has 0 aliphatic heterocycles. The SMILES string of the molecule is CC(=O)c1ccc(NC(=O)c2sc3nc(-c4ccccn4)ccc3c2N)cc1. The summed E-state index contributed by atoms with van der Waals surface area (Å²) < 4.78 is 0. The van der Waals surface area contributed by atoms with Crippen LogP contribution in [0.4, 0.5) is 11.4 Å². The van der Waals surface area contributed by atoms with Crippen LogP contribution in [0.2, 0.25) is 0 Å². The van der Waals surface area contributed by atoms with Crippen molar-refractivity contribution >= 4 is 44.6 Å². The molecule has 0 fully saturated rings. The van der Waals surface area contributed by atoms with Gasteiger partial charge < -0.3 is 11.1 Å². The fourth-order valence-corrected chi connectivity index (χ4v) is 3.79. The number of hydrogen-bond donors (Lipinski definition) is 2. The molecule has 0 unspecified atom stereocenters. The summed E-state index contributed by atoms with van der Waals surface area (Å²) in [5, 5.41) is 3.55. The van der Waals surface area contributed by atoms with E-state index < -0.39 is 0 Å². The van der Waals surface area contributed by atoms with Gasteiger partial charge in [-0.1, -0.05) is 6.07 Å². The molecule has 0 spiro atoms. The number of nitrogen functional groups attached to an aromatic ring is 1.